The highest BCUT2D eigenvalue weighted by atomic mass is 19.1. The van der Waals surface area contributed by atoms with Gasteiger partial charge in [-0.3, -0.25) is 4.57 Å². The molecule has 2 heterocycles. The predicted molar refractivity (Wildman–Crippen MR) is 69.1 cm³/mol. The van der Waals surface area contributed by atoms with Crippen molar-refractivity contribution in [2.45, 2.75) is 38.6 Å². The van der Waals surface area contributed by atoms with Crippen molar-refractivity contribution in [3.8, 4) is 0 Å². The average molecular weight is 263 g/mol. The monoisotopic (exact) mass is 263 g/mol. The first-order chi connectivity index (χ1) is 8.81. The van der Waals surface area contributed by atoms with E-state index in [4.69, 9.17) is 4.42 Å². The van der Waals surface area contributed by atoms with Gasteiger partial charge in [-0.1, -0.05) is 6.92 Å². The van der Waals surface area contributed by atoms with Gasteiger partial charge in [0.15, 0.2) is 0 Å². The van der Waals surface area contributed by atoms with Crippen LogP contribution in [0.3, 0.4) is 0 Å². The van der Waals surface area contributed by atoms with Crippen molar-refractivity contribution in [3.63, 3.8) is 0 Å². The van der Waals surface area contributed by atoms with E-state index in [0.29, 0.717) is 17.5 Å². The Balaban J connectivity index is 2.65. The second-order valence-electron chi connectivity index (χ2n) is 5.80. The van der Waals surface area contributed by atoms with Gasteiger partial charge in [0.2, 0.25) is 0 Å². The molecule has 0 saturated heterocycles. The number of rotatable bonds is 0. The molecule has 0 N–H and O–H groups in total. The van der Waals surface area contributed by atoms with Gasteiger partial charge in [0.05, 0.1) is 10.9 Å². The van der Waals surface area contributed by atoms with Crippen LogP contribution in [0.4, 0.5) is 4.39 Å². The summed E-state index contributed by atoms with van der Waals surface area (Å²) in [6.45, 7) is 5.80. The number of benzene rings is 1. The van der Waals surface area contributed by atoms with Gasteiger partial charge < -0.3 is 4.42 Å². The molecule has 4 nitrogen and oxygen atoms in total. The number of hydrogen-bond donors (Lipinski definition) is 0. The lowest BCUT2D eigenvalue weighted by Crippen LogP contribution is -2.42. The minimum Gasteiger partial charge on any atom is -0.372 e. The molecule has 1 aromatic carbocycles. The SMILES string of the molecule is C[C@@H]1CC(C)(C)n2c(=O)oc(=O)c3cc(F)cc1c32. The van der Waals surface area contributed by atoms with Crippen LogP contribution in [-0.2, 0) is 5.54 Å². The van der Waals surface area contributed by atoms with E-state index in [1.165, 1.54) is 10.6 Å². The van der Waals surface area contributed by atoms with Gasteiger partial charge in [0.1, 0.15) is 5.82 Å². The highest BCUT2D eigenvalue weighted by Crippen LogP contribution is 2.39. The van der Waals surface area contributed by atoms with Crippen LogP contribution < -0.4 is 11.4 Å². The minimum absolute atomic E-state index is 0.0781. The molecule has 2 aromatic rings. The fourth-order valence-corrected chi connectivity index (χ4v) is 3.17. The predicted octanol–water partition coefficient (Wildman–Crippen LogP) is 2.34. The Morgan fingerprint density at radius 2 is 2.05 bits per heavy atom. The second-order valence-corrected chi connectivity index (χ2v) is 5.80. The summed E-state index contributed by atoms with van der Waals surface area (Å²) in [5.41, 5.74) is -0.0378. The van der Waals surface area contributed by atoms with Crippen molar-refractivity contribution < 1.29 is 8.81 Å². The smallest absolute Gasteiger partial charge is 0.372 e. The van der Waals surface area contributed by atoms with Gasteiger partial charge in [-0.2, -0.15) is 0 Å². The minimum atomic E-state index is -0.776. The van der Waals surface area contributed by atoms with E-state index < -0.39 is 22.7 Å². The highest BCUT2D eigenvalue weighted by Gasteiger charge is 2.34. The standard InChI is InChI=1S/C14H14FNO3/c1-7-6-14(2,3)16-11-9(7)4-8(15)5-10(11)12(17)19-13(16)18/h4-5,7H,6H2,1-3H3/t7-/m1/s1. The van der Waals surface area contributed by atoms with E-state index in [2.05, 4.69) is 0 Å². The molecule has 1 aliphatic rings. The second kappa shape index (κ2) is 3.56. The van der Waals surface area contributed by atoms with Crippen molar-refractivity contribution in [2.75, 3.05) is 0 Å². The summed E-state index contributed by atoms with van der Waals surface area (Å²) >= 11 is 0. The van der Waals surface area contributed by atoms with Crippen molar-refractivity contribution in [1.82, 2.24) is 4.57 Å². The quantitative estimate of drug-likeness (QED) is 0.733. The summed E-state index contributed by atoms with van der Waals surface area (Å²) in [5, 5.41) is 0.134. The van der Waals surface area contributed by atoms with Gasteiger partial charge in [-0.05, 0) is 43.9 Å². The molecule has 0 bridgehead atoms. The largest absolute Gasteiger partial charge is 0.422 e. The summed E-state index contributed by atoms with van der Waals surface area (Å²) in [6.07, 6.45) is 0.687. The molecule has 1 atom stereocenters. The van der Waals surface area contributed by atoms with Crippen LogP contribution in [0.25, 0.3) is 10.9 Å². The first-order valence-corrected chi connectivity index (χ1v) is 6.21. The number of hydrogen-bond acceptors (Lipinski definition) is 3. The Kier molecular flexibility index (Phi) is 2.27. The van der Waals surface area contributed by atoms with Gasteiger partial charge >= 0.3 is 11.4 Å². The van der Waals surface area contributed by atoms with Gasteiger partial charge in [0, 0.05) is 5.54 Å². The Hall–Kier alpha value is -1.91. The summed E-state index contributed by atoms with van der Waals surface area (Å²) < 4.78 is 19.8. The van der Waals surface area contributed by atoms with Crippen LogP contribution in [0.15, 0.2) is 26.1 Å². The summed E-state index contributed by atoms with van der Waals surface area (Å²) in [7, 11) is 0. The molecule has 0 radical (unpaired) electrons. The summed E-state index contributed by atoms with van der Waals surface area (Å²) in [6, 6.07) is 2.53. The Bertz CT molecular complexity index is 801. The number of nitrogens with zero attached hydrogens (tertiary/aromatic N) is 1. The van der Waals surface area contributed by atoms with Gasteiger partial charge in [-0.25, -0.2) is 14.0 Å². The van der Waals surface area contributed by atoms with Crippen molar-refractivity contribution in [2.24, 2.45) is 0 Å². The number of aromatic nitrogens is 1. The maximum atomic E-state index is 13.6. The first-order valence-electron chi connectivity index (χ1n) is 6.21. The summed E-state index contributed by atoms with van der Waals surface area (Å²) in [4.78, 5) is 23.7. The number of halogens is 1. The normalized spacial score (nSPS) is 20.7. The van der Waals surface area contributed by atoms with Crippen LogP contribution in [0, 0.1) is 5.82 Å². The van der Waals surface area contributed by atoms with Crippen molar-refractivity contribution >= 4 is 10.9 Å². The molecule has 19 heavy (non-hydrogen) atoms. The molecule has 100 valence electrons. The van der Waals surface area contributed by atoms with E-state index in [1.54, 1.807) is 0 Å². The molecule has 0 aliphatic carbocycles. The first kappa shape index (κ1) is 12.1. The van der Waals surface area contributed by atoms with E-state index >= 15 is 0 Å². The average Bonchev–Trinajstić information content (AvgIpc) is 2.27. The van der Waals surface area contributed by atoms with Crippen molar-refractivity contribution in [1.29, 1.82) is 0 Å². The molecule has 1 aliphatic heterocycles. The zero-order valence-corrected chi connectivity index (χ0v) is 11.0. The molecule has 0 amide bonds. The molecular formula is C14H14FNO3. The molecule has 0 fully saturated rings. The fraction of sp³-hybridized carbons (Fsp3) is 0.429. The van der Waals surface area contributed by atoms with Crippen LogP contribution in [0.1, 0.15) is 38.7 Å². The lowest BCUT2D eigenvalue weighted by molar-refractivity contribution is 0.255. The topological polar surface area (TPSA) is 52.2 Å². The van der Waals surface area contributed by atoms with E-state index in [1.807, 2.05) is 20.8 Å². The third-order valence-electron chi connectivity index (χ3n) is 3.85. The van der Waals surface area contributed by atoms with Crippen LogP contribution in [0.2, 0.25) is 0 Å². The van der Waals surface area contributed by atoms with E-state index in [-0.39, 0.29) is 11.3 Å². The lowest BCUT2D eigenvalue weighted by Gasteiger charge is -2.36. The van der Waals surface area contributed by atoms with Crippen LogP contribution in [0.5, 0.6) is 0 Å². The molecule has 0 saturated carbocycles. The maximum absolute atomic E-state index is 13.6. The molecule has 5 heteroatoms. The fourth-order valence-electron chi connectivity index (χ4n) is 3.17. The Labute approximate surface area is 108 Å². The third kappa shape index (κ3) is 1.57. The molecule has 3 rings (SSSR count). The zero-order valence-electron chi connectivity index (χ0n) is 11.0. The lowest BCUT2D eigenvalue weighted by atomic mass is 9.82. The Morgan fingerprint density at radius 1 is 1.37 bits per heavy atom. The zero-order chi connectivity index (χ0) is 13.9. The van der Waals surface area contributed by atoms with E-state index in [9.17, 15) is 14.0 Å². The molecule has 0 unspecified atom stereocenters. The van der Waals surface area contributed by atoms with Crippen LogP contribution >= 0.6 is 0 Å². The third-order valence-corrected chi connectivity index (χ3v) is 3.85. The van der Waals surface area contributed by atoms with Gasteiger partial charge in [0.25, 0.3) is 0 Å². The molecule has 0 spiro atoms. The van der Waals surface area contributed by atoms with E-state index in [0.717, 1.165) is 6.07 Å². The molecule has 1 aromatic heterocycles. The highest BCUT2D eigenvalue weighted by molar-refractivity contribution is 5.82. The van der Waals surface area contributed by atoms with Gasteiger partial charge in [-0.15, -0.1) is 0 Å². The van der Waals surface area contributed by atoms with Crippen LogP contribution in [-0.4, -0.2) is 4.57 Å². The summed E-state index contributed by atoms with van der Waals surface area (Å²) in [5.74, 6) is -1.08. The van der Waals surface area contributed by atoms with Crippen molar-refractivity contribution in [3.05, 3.63) is 44.5 Å². The Morgan fingerprint density at radius 3 is 2.74 bits per heavy atom. The molecular weight excluding hydrogens is 249 g/mol. The maximum Gasteiger partial charge on any atom is 0.422 e.